The van der Waals surface area contributed by atoms with Crippen molar-refractivity contribution in [2.24, 2.45) is 0 Å². The van der Waals surface area contributed by atoms with Crippen LogP contribution < -0.4 is 15.0 Å². The smallest absolute Gasteiger partial charge is 0.387 e. The molecule has 1 aliphatic heterocycles. The highest BCUT2D eigenvalue weighted by Gasteiger charge is 2.26. The number of anilines is 1. The normalized spacial score (nSPS) is 17.3. The highest BCUT2D eigenvalue weighted by atomic mass is 19.3. The molecule has 1 fully saturated rings. The van der Waals surface area contributed by atoms with Gasteiger partial charge in [-0.3, -0.25) is 4.79 Å². The van der Waals surface area contributed by atoms with Gasteiger partial charge >= 0.3 is 6.61 Å². The third-order valence-corrected chi connectivity index (χ3v) is 3.67. The van der Waals surface area contributed by atoms with Crippen molar-refractivity contribution in [1.29, 1.82) is 0 Å². The van der Waals surface area contributed by atoms with Crippen LogP contribution in [0.5, 0.6) is 5.75 Å². The fourth-order valence-corrected chi connectivity index (χ4v) is 2.68. The highest BCUT2D eigenvalue weighted by Crippen LogP contribution is 2.31. The molecule has 1 saturated heterocycles. The second kappa shape index (κ2) is 7.20. The molecule has 0 spiro atoms. The predicted octanol–water partition coefficient (Wildman–Crippen LogP) is 0.670. The molecule has 128 valence electrons. The Morgan fingerprint density at radius 2 is 2.25 bits per heavy atom. The number of carbonyl (C=O) groups excluding carboxylic acids is 1. The summed E-state index contributed by atoms with van der Waals surface area (Å²) >= 11 is 0. The maximum Gasteiger partial charge on any atom is 0.387 e. The zero-order valence-corrected chi connectivity index (χ0v) is 12.7. The molecule has 1 aromatic heterocycles. The summed E-state index contributed by atoms with van der Waals surface area (Å²) in [6, 6.07) is 6.56. The van der Waals surface area contributed by atoms with Crippen LogP contribution >= 0.6 is 0 Å². The van der Waals surface area contributed by atoms with Crippen LogP contribution in [0.2, 0.25) is 0 Å². The Morgan fingerprint density at radius 3 is 3.00 bits per heavy atom. The van der Waals surface area contributed by atoms with Gasteiger partial charge in [0.1, 0.15) is 18.6 Å². The van der Waals surface area contributed by atoms with Crippen LogP contribution in [0.15, 0.2) is 30.6 Å². The number of hydrogen-bond donors (Lipinski definition) is 1. The van der Waals surface area contributed by atoms with Crippen molar-refractivity contribution in [2.45, 2.75) is 25.6 Å². The Labute approximate surface area is 136 Å². The quantitative estimate of drug-likeness (QED) is 0.833. The van der Waals surface area contributed by atoms with E-state index in [-0.39, 0.29) is 24.2 Å². The average molecular weight is 338 g/mol. The van der Waals surface area contributed by atoms with Crippen LogP contribution in [-0.4, -0.2) is 51.9 Å². The van der Waals surface area contributed by atoms with Crippen LogP contribution in [0, 0.1) is 0 Å². The number of benzene rings is 1. The van der Waals surface area contributed by atoms with Crippen molar-refractivity contribution in [1.82, 2.24) is 25.5 Å². The Bertz CT molecular complexity index is 682. The number of aromatic nitrogens is 4. The van der Waals surface area contributed by atoms with Crippen molar-refractivity contribution in [2.75, 3.05) is 18.0 Å². The van der Waals surface area contributed by atoms with Gasteiger partial charge in [-0.05, 0) is 29.0 Å². The first-order valence-corrected chi connectivity index (χ1v) is 7.41. The number of carbonyl (C=O) groups is 1. The standard InChI is InChI=1S/C14H16F2N6O2/c15-14(16)24-12-4-2-1-3-11(12)21-6-5-10(7-21)18-13(23)8-22-9-17-19-20-22/h1-4,9-10,14H,5-8H2,(H,18,23)/t10-/m0/s1. The van der Waals surface area contributed by atoms with Crippen LogP contribution in [0.3, 0.4) is 0 Å². The number of tetrazole rings is 1. The van der Waals surface area contributed by atoms with Gasteiger partial charge in [0.2, 0.25) is 5.91 Å². The lowest BCUT2D eigenvalue weighted by molar-refractivity contribution is -0.122. The molecule has 10 heteroatoms. The van der Waals surface area contributed by atoms with Crippen LogP contribution in [0.25, 0.3) is 0 Å². The Hall–Kier alpha value is -2.78. The largest absolute Gasteiger partial charge is 0.433 e. The highest BCUT2D eigenvalue weighted by molar-refractivity contribution is 5.76. The zero-order valence-electron chi connectivity index (χ0n) is 12.7. The van der Waals surface area contributed by atoms with Gasteiger partial charge < -0.3 is 15.0 Å². The molecular weight excluding hydrogens is 322 g/mol. The number of ether oxygens (including phenoxy) is 1. The number of rotatable bonds is 6. The summed E-state index contributed by atoms with van der Waals surface area (Å²) in [4.78, 5) is 13.9. The molecule has 1 aromatic carbocycles. The summed E-state index contributed by atoms with van der Waals surface area (Å²) in [6.07, 6.45) is 2.07. The van der Waals surface area contributed by atoms with Gasteiger partial charge in [0, 0.05) is 19.1 Å². The van der Waals surface area contributed by atoms with Crippen molar-refractivity contribution >= 4 is 11.6 Å². The van der Waals surface area contributed by atoms with Crippen molar-refractivity contribution in [3.63, 3.8) is 0 Å². The molecular formula is C14H16F2N6O2. The summed E-state index contributed by atoms with van der Waals surface area (Å²) < 4.78 is 30.9. The van der Waals surface area contributed by atoms with E-state index in [2.05, 4.69) is 25.6 Å². The van der Waals surface area contributed by atoms with Crippen LogP contribution in [0.1, 0.15) is 6.42 Å². The van der Waals surface area contributed by atoms with E-state index in [4.69, 9.17) is 0 Å². The fraction of sp³-hybridized carbons (Fsp3) is 0.429. The lowest BCUT2D eigenvalue weighted by Crippen LogP contribution is -2.39. The van der Waals surface area contributed by atoms with Gasteiger partial charge in [-0.1, -0.05) is 12.1 Å². The predicted molar refractivity (Wildman–Crippen MR) is 79.7 cm³/mol. The Morgan fingerprint density at radius 1 is 1.42 bits per heavy atom. The first-order chi connectivity index (χ1) is 11.6. The van der Waals surface area contributed by atoms with Crippen molar-refractivity contribution in [3.05, 3.63) is 30.6 Å². The van der Waals surface area contributed by atoms with Crippen molar-refractivity contribution < 1.29 is 18.3 Å². The second-order valence-corrected chi connectivity index (χ2v) is 5.35. The SMILES string of the molecule is O=C(Cn1cnnn1)N[C@H]1CCN(c2ccccc2OC(F)F)C1. The number of halogens is 2. The van der Waals surface area contributed by atoms with E-state index >= 15 is 0 Å². The minimum absolute atomic E-state index is 0.0363. The Kier molecular flexibility index (Phi) is 4.82. The topological polar surface area (TPSA) is 85.2 Å². The monoisotopic (exact) mass is 338 g/mol. The molecule has 24 heavy (non-hydrogen) atoms. The van der Waals surface area contributed by atoms with Gasteiger partial charge in [0.25, 0.3) is 0 Å². The van der Waals surface area contributed by atoms with E-state index in [9.17, 15) is 13.6 Å². The van der Waals surface area contributed by atoms with Gasteiger partial charge in [0.05, 0.1) is 5.69 Å². The van der Waals surface area contributed by atoms with Crippen LogP contribution in [0.4, 0.5) is 14.5 Å². The van der Waals surface area contributed by atoms with Gasteiger partial charge in [-0.25, -0.2) is 4.68 Å². The maximum atomic E-state index is 12.5. The third kappa shape index (κ3) is 3.94. The molecule has 0 unspecified atom stereocenters. The molecule has 0 bridgehead atoms. The summed E-state index contributed by atoms with van der Waals surface area (Å²) in [5.41, 5.74) is 0.593. The van der Waals surface area contributed by atoms with Gasteiger partial charge in [-0.15, -0.1) is 5.10 Å². The molecule has 0 radical (unpaired) electrons. The summed E-state index contributed by atoms with van der Waals surface area (Å²) in [6.45, 7) is -1.68. The van der Waals surface area contributed by atoms with E-state index in [0.717, 1.165) is 0 Å². The summed E-state index contributed by atoms with van der Waals surface area (Å²) in [5, 5.41) is 13.4. The van der Waals surface area contributed by atoms with E-state index in [1.807, 2.05) is 4.90 Å². The van der Waals surface area contributed by atoms with Gasteiger partial charge in [-0.2, -0.15) is 8.78 Å². The third-order valence-electron chi connectivity index (χ3n) is 3.67. The maximum absolute atomic E-state index is 12.5. The number of nitrogens with zero attached hydrogens (tertiary/aromatic N) is 5. The van der Waals surface area contributed by atoms with Crippen LogP contribution in [-0.2, 0) is 11.3 Å². The van der Waals surface area contributed by atoms with Gasteiger partial charge in [0.15, 0.2) is 0 Å². The molecule has 1 amide bonds. The molecule has 2 aromatic rings. The fourth-order valence-electron chi connectivity index (χ4n) is 2.68. The number of hydrogen-bond acceptors (Lipinski definition) is 6. The molecule has 1 atom stereocenters. The molecule has 8 nitrogen and oxygen atoms in total. The molecule has 0 aliphatic carbocycles. The van der Waals surface area contributed by atoms with E-state index < -0.39 is 6.61 Å². The van der Waals surface area contributed by atoms with E-state index in [1.54, 1.807) is 18.2 Å². The van der Waals surface area contributed by atoms with Crippen molar-refractivity contribution in [3.8, 4) is 5.75 Å². The average Bonchev–Trinajstić information content (AvgIpc) is 3.19. The summed E-state index contributed by atoms with van der Waals surface area (Å²) in [5.74, 6) is -0.0700. The summed E-state index contributed by atoms with van der Waals surface area (Å²) in [7, 11) is 0. The molecule has 1 aliphatic rings. The zero-order chi connectivity index (χ0) is 16.9. The number of para-hydroxylation sites is 2. The van der Waals surface area contributed by atoms with E-state index in [0.29, 0.717) is 25.2 Å². The molecule has 3 rings (SSSR count). The molecule has 1 N–H and O–H groups in total. The number of nitrogens with one attached hydrogen (secondary N) is 1. The first-order valence-electron chi connectivity index (χ1n) is 7.41. The lowest BCUT2D eigenvalue weighted by Gasteiger charge is -2.22. The lowest BCUT2D eigenvalue weighted by atomic mass is 10.2. The first kappa shape index (κ1) is 16.1. The minimum atomic E-state index is -2.87. The van der Waals surface area contributed by atoms with E-state index in [1.165, 1.54) is 17.1 Å². The minimum Gasteiger partial charge on any atom is -0.433 e. The second-order valence-electron chi connectivity index (χ2n) is 5.35. The number of alkyl halides is 2. The molecule has 0 saturated carbocycles. The number of amides is 1. The molecule has 2 heterocycles. The Balaban J connectivity index is 1.58.